The fourth-order valence-electron chi connectivity index (χ4n) is 2.84. The maximum absolute atomic E-state index is 10.6. The minimum atomic E-state index is -0.899. The van der Waals surface area contributed by atoms with Crippen molar-refractivity contribution >= 4 is 0 Å². The fourth-order valence-corrected chi connectivity index (χ4v) is 2.84. The zero-order valence-corrected chi connectivity index (χ0v) is 8.12. The lowest BCUT2D eigenvalue weighted by atomic mass is 9.72. The molecular formula is C11H15NO2. The Bertz CT molecular complexity index is 367. The van der Waals surface area contributed by atoms with E-state index >= 15 is 0 Å². The van der Waals surface area contributed by atoms with Gasteiger partial charge < -0.3 is 15.3 Å². The summed E-state index contributed by atoms with van der Waals surface area (Å²) in [5.41, 5.74) is 5.99. The molecule has 3 nitrogen and oxygen atoms in total. The van der Waals surface area contributed by atoms with Crippen molar-refractivity contribution in [3.8, 4) is 0 Å². The normalized spacial score (nSPS) is 33.0. The van der Waals surface area contributed by atoms with Crippen molar-refractivity contribution < 1.29 is 9.52 Å². The molecule has 3 heteroatoms. The van der Waals surface area contributed by atoms with Crippen LogP contribution in [0.1, 0.15) is 30.6 Å². The van der Waals surface area contributed by atoms with Gasteiger partial charge in [0.25, 0.3) is 0 Å². The average Bonchev–Trinajstić information content (AvgIpc) is 2.82. The van der Waals surface area contributed by atoms with Crippen LogP contribution >= 0.6 is 0 Å². The van der Waals surface area contributed by atoms with Gasteiger partial charge in [-0.2, -0.15) is 0 Å². The first kappa shape index (κ1) is 8.50. The van der Waals surface area contributed by atoms with E-state index in [1.54, 1.807) is 6.26 Å². The molecule has 1 saturated carbocycles. The lowest BCUT2D eigenvalue weighted by molar-refractivity contribution is -0.0600. The van der Waals surface area contributed by atoms with Crippen molar-refractivity contribution in [1.29, 1.82) is 0 Å². The van der Waals surface area contributed by atoms with E-state index in [0.717, 1.165) is 37.0 Å². The SMILES string of the molecule is NCC1(O)c2occc2CCC12CC2. The fraction of sp³-hybridized carbons (Fsp3) is 0.636. The summed E-state index contributed by atoms with van der Waals surface area (Å²) < 4.78 is 5.41. The van der Waals surface area contributed by atoms with Crippen LogP contribution in [-0.2, 0) is 12.0 Å². The molecule has 1 fully saturated rings. The number of rotatable bonds is 1. The Morgan fingerprint density at radius 1 is 1.43 bits per heavy atom. The van der Waals surface area contributed by atoms with E-state index in [1.165, 1.54) is 0 Å². The summed E-state index contributed by atoms with van der Waals surface area (Å²) in [5, 5.41) is 10.6. The van der Waals surface area contributed by atoms with Crippen LogP contribution in [0.5, 0.6) is 0 Å². The molecule has 0 radical (unpaired) electrons. The van der Waals surface area contributed by atoms with Crippen LogP contribution in [-0.4, -0.2) is 11.7 Å². The predicted molar refractivity (Wildman–Crippen MR) is 51.6 cm³/mol. The lowest BCUT2D eigenvalue weighted by Gasteiger charge is -2.38. The minimum absolute atomic E-state index is 0.0343. The van der Waals surface area contributed by atoms with Crippen LogP contribution in [0, 0.1) is 5.41 Å². The molecule has 1 atom stereocenters. The van der Waals surface area contributed by atoms with Gasteiger partial charge >= 0.3 is 0 Å². The molecule has 0 bridgehead atoms. The van der Waals surface area contributed by atoms with Gasteiger partial charge in [0.15, 0.2) is 0 Å². The second-order valence-corrected chi connectivity index (χ2v) is 4.62. The van der Waals surface area contributed by atoms with Crippen molar-refractivity contribution in [3.63, 3.8) is 0 Å². The van der Waals surface area contributed by atoms with E-state index in [-0.39, 0.29) is 12.0 Å². The number of fused-ring (bicyclic) bond motifs is 1. The van der Waals surface area contributed by atoms with E-state index in [4.69, 9.17) is 10.2 Å². The summed E-state index contributed by atoms with van der Waals surface area (Å²) >= 11 is 0. The molecule has 1 heterocycles. The molecule has 14 heavy (non-hydrogen) atoms. The highest BCUT2D eigenvalue weighted by atomic mass is 16.4. The van der Waals surface area contributed by atoms with Crippen LogP contribution < -0.4 is 5.73 Å². The van der Waals surface area contributed by atoms with Gasteiger partial charge in [0.2, 0.25) is 0 Å². The van der Waals surface area contributed by atoms with Crippen molar-refractivity contribution in [2.24, 2.45) is 11.1 Å². The molecule has 0 saturated heterocycles. The molecule has 1 aromatic rings. The minimum Gasteiger partial charge on any atom is -0.466 e. The van der Waals surface area contributed by atoms with E-state index in [1.807, 2.05) is 6.07 Å². The van der Waals surface area contributed by atoms with Gasteiger partial charge in [-0.05, 0) is 37.3 Å². The molecule has 0 amide bonds. The van der Waals surface area contributed by atoms with E-state index in [9.17, 15) is 5.11 Å². The van der Waals surface area contributed by atoms with Gasteiger partial charge in [-0.25, -0.2) is 0 Å². The number of hydrogen-bond acceptors (Lipinski definition) is 3. The zero-order chi connectivity index (χ0) is 9.81. The van der Waals surface area contributed by atoms with Gasteiger partial charge in [-0.1, -0.05) is 0 Å². The van der Waals surface area contributed by atoms with Crippen molar-refractivity contribution in [2.75, 3.05) is 6.54 Å². The van der Waals surface area contributed by atoms with Gasteiger partial charge in [-0.15, -0.1) is 0 Å². The first-order valence-electron chi connectivity index (χ1n) is 5.21. The van der Waals surface area contributed by atoms with Crippen LogP contribution in [0.4, 0.5) is 0 Å². The third-order valence-corrected chi connectivity index (χ3v) is 4.02. The Balaban J connectivity index is 2.15. The van der Waals surface area contributed by atoms with Crippen LogP contribution in [0.25, 0.3) is 0 Å². The topological polar surface area (TPSA) is 59.4 Å². The molecule has 0 aromatic carbocycles. The smallest absolute Gasteiger partial charge is 0.140 e. The van der Waals surface area contributed by atoms with Crippen LogP contribution in [0.15, 0.2) is 16.7 Å². The number of nitrogens with two attached hydrogens (primary N) is 1. The van der Waals surface area contributed by atoms with Gasteiger partial charge in [0, 0.05) is 12.0 Å². The summed E-state index contributed by atoms with van der Waals surface area (Å²) in [5.74, 6) is 0.726. The lowest BCUT2D eigenvalue weighted by Crippen LogP contribution is -2.46. The molecule has 76 valence electrons. The maximum atomic E-state index is 10.6. The highest BCUT2D eigenvalue weighted by molar-refractivity contribution is 5.33. The summed E-state index contributed by atoms with van der Waals surface area (Å²) in [6.45, 7) is 0.271. The Labute approximate surface area is 82.9 Å². The van der Waals surface area contributed by atoms with Crippen molar-refractivity contribution in [1.82, 2.24) is 0 Å². The predicted octanol–water partition coefficient (Wildman–Crippen LogP) is 1.15. The first-order chi connectivity index (χ1) is 6.72. The molecule has 2 aliphatic rings. The highest BCUT2D eigenvalue weighted by Crippen LogP contribution is 2.63. The molecule has 2 aliphatic carbocycles. The van der Waals surface area contributed by atoms with E-state index in [0.29, 0.717) is 0 Å². The second kappa shape index (κ2) is 2.41. The average molecular weight is 193 g/mol. The number of furan rings is 1. The molecule has 1 unspecified atom stereocenters. The number of aryl methyl sites for hydroxylation is 1. The van der Waals surface area contributed by atoms with Gasteiger partial charge in [-0.3, -0.25) is 0 Å². The maximum Gasteiger partial charge on any atom is 0.140 e. The summed E-state index contributed by atoms with van der Waals surface area (Å²) in [6.07, 6.45) is 5.90. The summed E-state index contributed by atoms with van der Waals surface area (Å²) in [6, 6.07) is 1.95. The summed E-state index contributed by atoms with van der Waals surface area (Å²) in [4.78, 5) is 0. The number of aliphatic hydroxyl groups is 1. The zero-order valence-electron chi connectivity index (χ0n) is 8.12. The molecule has 3 N–H and O–H groups in total. The Morgan fingerprint density at radius 2 is 2.21 bits per heavy atom. The van der Waals surface area contributed by atoms with Crippen molar-refractivity contribution in [3.05, 3.63) is 23.7 Å². The first-order valence-corrected chi connectivity index (χ1v) is 5.21. The molecule has 1 aromatic heterocycles. The quantitative estimate of drug-likeness (QED) is 0.703. The Kier molecular flexibility index (Phi) is 1.46. The van der Waals surface area contributed by atoms with Crippen molar-refractivity contribution in [2.45, 2.75) is 31.3 Å². The molecule has 3 rings (SSSR count). The monoisotopic (exact) mass is 193 g/mol. The Morgan fingerprint density at radius 3 is 2.86 bits per heavy atom. The second-order valence-electron chi connectivity index (χ2n) is 4.62. The third-order valence-electron chi connectivity index (χ3n) is 4.02. The largest absolute Gasteiger partial charge is 0.466 e. The molecular weight excluding hydrogens is 178 g/mol. The number of hydrogen-bond donors (Lipinski definition) is 2. The van der Waals surface area contributed by atoms with Crippen LogP contribution in [0.2, 0.25) is 0 Å². The van der Waals surface area contributed by atoms with E-state index in [2.05, 4.69) is 0 Å². The molecule has 1 spiro atoms. The van der Waals surface area contributed by atoms with Gasteiger partial charge in [0.05, 0.1) is 6.26 Å². The molecule has 0 aliphatic heterocycles. The summed E-state index contributed by atoms with van der Waals surface area (Å²) in [7, 11) is 0. The Hall–Kier alpha value is -0.800. The van der Waals surface area contributed by atoms with Crippen LogP contribution in [0.3, 0.4) is 0 Å². The van der Waals surface area contributed by atoms with Gasteiger partial charge in [0.1, 0.15) is 11.4 Å². The third kappa shape index (κ3) is 0.799. The van der Waals surface area contributed by atoms with E-state index < -0.39 is 5.60 Å². The highest BCUT2D eigenvalue weighted by Gasteiger charge is 2.62. The standard InChI is InChI=1S/C11H15NO2/c12-7-11(13)9-8(2-6-14-9)1-3-10(11)4-5-10/h2,6,13H,1,3-5,7,12H2.